The third-order valence-electron chi connectivity index (χ3n) is 7.65. The first-order chi connectivity index (χ1) is 25.6. The van der Waals surface area contributed by atoms with Crippen molar-refractivity contribution in [2.45, 2.75) is 116 Å². The molecule has 0 saturated heterocycles. The zero-order valence-electron chi connectivity index (χ0n) is 32.0. The van der Waals surface area contributed by atoms with E-state index in [9.17, 15) is 27.6 Å². The van der Waals surface area contributed by atoms with Crippen LogP contribution in [0.25, 0.3) is 0 Å². The van der Waals surface area contributed by atoms with Crippen molar-refractivity contribution in [3.8, 4) is 0 Å². The average molecular weight is 778 g/mol. The molecule has 0 saturated carbocycles. The number of sulfonamides is 1. The van der Waals surface area contributed by atoms with E-state index in [1.807, 2.05) is 0 Å². The number of Topliss-reactive ketones (excluding diaryl/α,β-unsaturated/α-hetero) is 1. The molecule has 0 aromatic heterocycles. The maximum Gasteiger partial charge on any atom is 0.246 e. The normalized spacial score (nSPS) is 11.4. The number of nitrogens with zero attached hydrogens (tertiary/aromatic N) is 2. The fourth-order valence-corrected chi connectivity index (χ4v) is 5.98. The largest absolute Gasteiger partial charge is 0.377 e. The maximum absolute atomic E-state index is 12.2. The number of nitrogens with two attached hydrogens (primary N) is 1. The number of nitrogens with one attached hydrogen (secondary N) is 4. The molecule has 0 aliphatic carbocycles. The SMILES string of the molecule is C=C(CCCCCCCCCCCCCCCC(=O)NS(=O)(=O)CCCC(=O)NCCOCCOCC(=O)NCCOCCOCC(C)=O)N/N=N\N. The summed E-state index contributed by atoms with van der Waals surface area (Å²) < 4.78 is 47.5. The molecule has 0 bridgehead atoms. The van der Waals surface area contributed by atoms with E-state index in [-0.39, 0.29) is 82.2 Å². The van der Waals surface area contributed by atoms with Gasteiger partial charge in [0.25, 0.3) is 0 Å². The van der Waals surface area contributed by atoms with Gasteiger partial charge in [-0.3, -0.25) is 29.3 Å². The number of unbranched alkanes of at least 4 members (excludes halogenated alkanes) is 12. The summed E-state index contributed by atoms with van der Waals surface area (Å²) in [6, 6.07) is 0. The molecular formula is C35H67N7O10S. The van der Waals surface area contributed by atoms with Crippen LogP contribution in [0.2, 0.25) is 0 Å². The molecule has 17 nitrogen and oxygen atoms in total. The Kier molecular flexibility index (Phi) is 33.7. The van der Waals surface area contributed by atoms with Gasteiger partial charge in [-0.15, -0.1) is 0 Å². The van der Waals surface area contributed by atoms with Crippen LogP contribution in [0.3, 0.4) is 0 Å². The van der Waals surface area contributed by atoms with Crippen molar-refractivity contribution in [1.82, 2.24) is 20.8 Å². The van der Waals surface area contributed by atoms with Crippen molar-refractivity contribution in [1.29, 1.82) is 0 Å². The number of carbonyl (C=O) groups excluding carboxylic acids is 4. The fraction of sp³-hybridized carbons (Fsp3) is 0.829. The molecule has 3 amide bonds. The number of rotatable bonds is 39. The van der Waals surface area contributed by atoms with Crippen LogP contribution in [0, 0.1) is 0 Å². The van der Waals surface area contributed by atoms with Crippen LogP contribution in [-0.4, -0.2) is 104 Å². The highest BCUT2D eigenvalue weighted by atomic mass is 32.2. The first kappa shape index (κ1) is 49.8. The number of amides is 3. The molecule has 0 aromatic carbocycles. The van der Waals surface area contributed by atoms with Crippen LogP contribution in [0.4, 0.5) is 0 Å². The number of allylic oxidation sites excluding steroid dienone is 1. The van der Waals surface area contributed by atoms with E-state index < -0.39 is 15.9 Å². The fourth-order valence-electron chi connectivity index (χ4n) is 4.91. The summed E-state index contributed by atoms with van der Waals surface area (Å²) in [6.07, 6.45) is 15.7. The molecule has 0 heterocycles. The summed E-state index contributed by atoms with van der Waals surface area (Å²) in [6.45, 7) is 7.40. The Morgan fingerprint density at radius 1 is 0.585 bits per heavy atom. The number of ketones is 1. The van der Waals surface area contributed by atoms with E-state index in [1.165, 1.54) is 58.3 Å². The van der Waals surface area contributed by atoms with E-state index in [0.717, 1.165) is 37.8 Å². The number of hydrogen-bond acceptors (Lipinski definition) is 12. The highest BCUT2D eigenvalue weighted by Gasteiger charge is 2.15. The zero-order chi connectivity index (χ0) is 39.3. The summed E-state index contributed by atoms with van der Waals surface area (Å²) in [5.74, 6) is 3.46. The van der Waals surface area contributed by atoms with Gasteiger partial charge in [-0.05, 0) is 32.6 Å². The molecule has 18 heteroatoms. The Labute approximate surface area is 316 Å². The van der Waals surface area contributed by atoms with Crippen molar-refractivity contribution in [3.05, 3.63) is 12.3 Å². The van der Waals surface area contributed by atoms with Gasteiger partial charge in [-0.2, -0.15) is 0 Å². The van der Waals surface area contributed by atoms with Crippen molar-refractivity contribution >= 4 is 33.5 Å². The number of ether oxygens (including phenoxy) is 4. The van der Waals surface area contributed by atoms with Crippen molar-refractivity contribution in [2.24, 2.45) is 16.3 Å². The van der Waals surface area contributed by atoms with E-state index in [4.69, 9.17) is 24.8 Å². The molecule has 0 aromatic rings. The van der Waals surface area contributed by atoms with Crippen LogP contribution < -0.4 is 26.6 Å². The second-order valence-electron chi connectivity index (χ2n) is 12.7. The Hall–Kier alpha value is -3.19. The summed E-state index contributed by atoms with van der Waals surface area (Å²) >= 11 is 0. The highest BCUT2D eigenvalue weighted by Crippen LogP contribution is 2.14. The topological polar surface area (TPSA) is 238 Å². The van der Waals surface area contributed by atoms with Gasteiger partial charge in [-0.25, -0.2) is 8.42 Å². The van der Waals surface area contributed by atoms with E-state index in [1.54, 1.807) is 0 Å². The van der Waals surface area contributed by atoms with Crippen LogP contribution in [0.15, 0.2) is 22.7 Å². The van der Waals surface area contributed by atoms with Gasteiger partial charge in [0.15, 0.2) is 5.78 Å². The lowest BCUT2D eigenvalue weighted by molar-refractivity contribution is -0.127. The van der Waals surface area contributed by atoms with Gasteiger partial charge in [0.1, 0.15) is 13.2 Å². The van der Waals surface area contributed by atoms with Crippen LogP contribution >= 0.6 is 0 Å². The maximum atomic E-state index is 12.2. The molecule has 308 valence electrons. The Morgan fingerprint density at radius 2 is 1.04 bits per heavy atom. The first-order valence-electron chi connectivity index (χ1n) is 19.0. The van der Waals surface area contributed by atoms with Gasteiger partial charge in [-0.1, -0.05) is 87.7 Å². The second kappa shape index (κ2) is 35.8. The molecule has 0 aliphatic rings. The summed E-state index contributed by atoms with van der Waals surface area (Å²) in [4.78, 5) is 46.6. The third kappa shape index (κ3) is 38.3. The lowest BCUT2D eigenvalue weighted by Gasteiger charge is -2.09. The minimum absolute atomic E-state index is 0.00608. The summed E-state index contributed by atoms with van der Waals surface area (Å²) in [5.41, 5.74) is 3.52. The Bertz CT molecular complexity index is 1130. The lowest BCUT2D eigenvalue weighted by atomic mass is 10.0. The van der Waals surface area contributed by atoms with Crippen LogP contribution in [-0.2, 0) is 48.1 Å². The van der Waals surface area contributed by atoms with Crippen molar-refractivity contribution < 1.29 is 46.5 Å². The molecule has 0 atom stereocenters. The van der Waals surface area contributed by atoms with Gasteiger partial charge in [0.2, 0.25) is 27.7 Å². The van der Waals surface area contributed by atoms with Crippen LogP contribution in [0.1, 0.15) is 116 Å². The van der Waals surface area contributed by atoms with Crippen molar-refractivity contribution in [3.63, 3.8) is 0 Å². The summed E-state index contributed by atoms with van der Waals surface area (Å²) in [7, 11) is -3.79. The number of carbonyl (C=O) groups is 4. The minimum atomic E-state index is -3.79. The molecule has 53 heavy (non-hydrogen) atoms. The van der Waals surface area contributed by atoms with E-state index >= 15 is 0 Å². The molecule has 0 fully saturated rings. The first-order valence-corrected chi connectivity index (χ1v) is 20.6. The molecule has 0 radical (unpaired) electrons. The summed E-state index contributed by atoms with van der Waals surface area (Å²) in [5, 5.41) is 11.9. The standard InChI is InChI=1S/C35H67N7O10S/c1-31(39-42-41-36)17-14-12-10-8-6-4-3-5-7-9-11-13-15-18-34(45)40-53(47,48)28-16-19-33(44)37-20-22-49-25-27-52-30-35(46)38-21-23-50-24-26-51-29-32(2)43/h1,3-30H2,2H3,(H2,36,42)(H,37,44)(H,38,46)(H,39,41)(H,40,45). The van der Waals surface area contributed by atoms with Gasteiger partial charge < -0.3 is 35.4 Å². The molecule has 6 N–H and O–H groups in total. The van der Waals surface area contributed by atoms with E-state index in [2.05, 4.69) is 37.8 Å². The third-order valence-corrected chi connectivity index (χ3v) is 9.02. The van der Waals surface area contributed by atoms with Crippen LogP contribution in [0.5, 0.6) is 0 Å². The second-order valence-corrected chi connectivity index (χ2v) is 14.5. The average Bonchev–Trinajstić information content (AvgIpc) is 3.10. The Balaban J connectivity index is 3.57. The monoisotopic (exact) mass is 777 g/mol. The molecular weight excluding hydrogens is 710 g/mol. The lowest BCUT2D eigenvalue weighted by Crippen LogP contribution is -2.33. The van der Waals surface area contributed by atoms with Gasteiger partial charge >= 0.3 is 0 Å². The molecule has 0 spiro atoms. The van der Waals surface area contributed by atoms with Crippen molar-refractivity contribution in [2.75, 3.05) is 71.7 Å². The van der Waals surface area contributed by atoms with Gasteiger partial charge in [0.05, 0.1) is 45.4 Å². The van der Waals surface area contributed by atoms with Gasteiger partial charge in [0, 0.05) is 31.6 Å². The minimum Gasteiger partial charge on any atom is -0.377 e. The molecule has 0 unspecified atom stereocenters. The highest BCUT2D eigenvalue weighted by molar-refractivity contribution is 7.90. The van der Waals surface area contributed by atoms with E-state index in [0.29, 0.717) is 32.8 Å². The predicted molar refractivity (Wildman–Crippen MR) is 202 cm³/mol. The quantitative estimate of drug-likeness (QED) is 0.0262. The predicted octanol–water partition coefficient (Wildman–Crippen LogP) is 3.30. The smallest absolute Gasteiger partial charge is 0.246 e. The molecule has 0 rings (SSSR count). The molecule has 0 aliphatic heterocycles. The number of hydrogen-bond donors (Lipinski definition) is 5. The zero-order valence-corrected chi connectivity index (χ0v) is 32.8. The Morgan fingerprint density at radius 3 is 1.57 bits per heavy atom.